The average Bonchev–Trinajstić information content (AvgIpc) is 2.37. The molecule has 0 unspecified atom stereocenters. The highest BCUT2D eigenvalue weighted by Gasteiger charge is 2.13. The van der Waals surface area contributed by atoms with E-state index in [1.165, 1.54) is 23.1 Å². The number of rotatable bonds is 5. The second-order valence-electron chi connectivity index (χ2n) is 3.31. The summed E-state index contributed by atoms with van der Waals surface area (Å²) in [5.41, 5.74) is 2.86. The number of hydrogen-bond acceptors (Lipinski definition) is 7. The van der Waals surface area contributed by atoms with E-state index in [1.54, 1.807) is 0 Å². The van der Waals surface area contributed by atoms with Crippen LogP contribution in [0.4, 0.5) is 17.1 Å². The quantitative estimate of drug-likeness (QED) is 0.338. The molecule has 1 aromatic rings. The predicted octanol–water partition coefficient (Wildman–Crippen LogP) is 0.734. The van der Waals surface area contributed by atoms with Gasteiger partial charge in [-0.1, -0.05) is 0 Å². The Labute approximate surface area is 103 Å². The van der Waals surface area contributed by atoms with Crippen LogP contribution >= 0.6 is 0 Å². The fourth-order valence-corrected chi connectivity index (χ4v) is 1.38. The van der Waals surface area contributed by atoms with E-state index in [0.29, 0.717) is 11.4 Å². The lowest BCUT2D eigenvalue weighted by Gasteiger charge is -2.18. The minimum Gasteiger partial charge on any atom is -0.345 e. The van der Waals surface area contributed by atoms with Crippen molar-refractivity contribution in [1.82, 2.24) is 0 Å². The average molecular weight is 246 g/mol. The number of nitro benzene ring substituents is 1. The molecule has 0 amide bonds. The van der Waals surface area contributed by atoms with Gasteiger partial charge in [0.2, 0.25) is 0 Å². The van der Waals surface area contributed by atoms with Crippen LogP contribution in [-0.2, 0) is 0 Å². The molecule has 0 bridgehead atoms. The molecule has 0 saturated carbocycles. The third-order valence-electron chi connectivity index (χ3n) is 2.17. The van der Waals surface area contributed by atoms with Gasteiger partial charge < -0.3 is 10.3 Å². The first-order valence-electron chi connectivity index (χ1n) is 4.87. The van der Waals surface area contributed by atoms with Crippen LogP contribution in [-0.4, -0.2) is 18.0 Å². The molecule has 0 atom stereocenters. The van der Waals surface area contributed by atoms with Gasteiger partial charge in [0.15, 0.2) is 0 Å². The van der Waals surface area contributed by atoms with Crippen LogP contribution in [0.25, 0.3) is 0 Å². The van der Waals surface area contributed by atoms with Crippen molar-refractivity contribution in [2.24, 2.45) is 5.84 Å². The summed E-state index contributed by atoms with van der Waals surface area (Å²) in [6.45, 7) is -0.0858. The van der Waals surface area contributed by atoms with Crippen molar-refractivity contribution in [3.05, 3.63) is 28.3 Å². The SMILES string of the molecule is N#CCN(CC#N)c1cc(NN)cc([N+](=O)[O-])c1. The summed E-state index contributed by atoms with van der Waals surface area (Å²) in [5, 5.41) is 28.1. The zero-order chi connectivity index (χ0) is 13.5. The predicted molar refractivity (Wildman–Crippen MR) is 64.3 cm³/mol. The number of nitrogens with zero attached hydrogens (tertiary/aromatic N) is 4. The minimum absolute atomic E-state index is 0.0429. The Morgan fingerprint density at radius 2 is 1.94 bits per heavy atom. The Kier molecular flexibility index (Phi) is 4.43. The summed E-state index contributed by atoms with van der Waals surface area (Å²) in [6, 6.07) is 7.86. The molecule has 0 heterocycles. The second kappa shape index (κ2) is 6.03. The molecule has 0 aliphatic carbocycles. The maximum Gasteiger partial charge on any atom is 0.273 e. The lowest BCUT2D eigenvalue weighted by atomic mass is 10.2. The number of hydrazine groups is 1. The smallest absolute Gasteiger partial charge is 0.273 e. The lowest BCUT2D eigenvalue weighted by Crippen LogP contribution is -2.24. The number of hydrogen-bond donors (Lipinski definition) is 2. The Bertz CT molecular complexity index is 514. The molecule has 0 saturated heterocycles. The van der Waals surface area contributed by atoms with E-state index in [9.17, 15) is 10.1 Å². The fourth-order valence-electron chi connectivity index (χ4n) is 1.38. The Hall–Kier alpha value is -2.84. The molecule has 0 aromatic heterocycles. The zero-order valence-electron chi connectivity index (χ0n) is 9.33. The van der Waals surface area contributed by atoms with Crippen LogP contribution in [0.5, 0.6) is 0 Å². The molecular weight excluding hydrogens is 236 g/mol. The van der Waals surface area contributed by atoms with Crippen LogP contribution in [0.15, 0.2) is 18.2 Å². The molecule has 1 aromatic carbocycles. The van der Waals surface area contributed by atoms with Crippen molar-refractivity contribution < 1.29 is 4.92 Å². The van der Waals surface area contributed by atoms with Crippen LogP contribution in [0.1, 0.15) is 0 Å². The third-order valence-corrected chi connectivity index (χ3v) is 2.17. The van der Waals surface area contributed by atoms with Crippen LogP contribution in [0.3, 0.4) is 0 Å². The molecule has 92 valence electrons. The van der Waals surface area contributed by atoms with Crippen molar-refractivity contribution in [2.45, 2.75) is 0 Å². The van der Waals surface area contributed by atoms with E-state index in [2.05, 4.69) is 5.43 Å². The maximum atomic E-state index is 10.7. The second-order valence-corrected chi connectivity index (χ2v) is 3.31. The van der Waals surface area contributed by atoms with Gasteiger partial charge in [0.05, 0.1) is 22.7 Å². The first-order chi connectivity index (χ1) is 8.62. The number of nitrogens with one attached hydrogen (secondary N) is 1. The Morgan fingerprint density at radius 1 is 1.33 bits per heavy atom. The largest absolute Gasteiger partial charge is 0.345 e. The summed E-state index contributed by atoms with van der Waals surface area (Å²) in [6.07, 6.45) is 0. The van der Waals surface area contributed by atoms with E-state index in [4.69, 9.17) is 16.4 Å². The summed E-state index contributed by atoms with van der Waals surface area (Å²) in [4.78, 5) is 11.6. The van der Waals surface area contributed by atoms with Crippen LogP contribution in [0, 0.1) is 32.8 Å². The van der Waals surface area contributed by atoms with E-state index in [-0.39, 0.29) is 18.8 Å². The number of anilines is 2. The summed E-state index contributed by atoms with van der Waals surface area (Å²) in [5.74, 6) is 5.21. The number of nitriles is 2. The molecule has 18 heavy (non-hydrogen) atoms. The van der Waals surface area contributed by atoms with Crippen molar-refractivity contribution in [1.29, 1.82) is 10.5 Å². The Balaban J connectivity index is 3.21. The first-order valence-corrected chi connectivity index (χ1v) is 4.87. The zero-order valence-corrected chi connectivity index (χ0v) is 9.33. The van der Waals surface area contributed by atoms with Crippen LogP contribution in [0.2, 0.25) is 0 Å². The molecule has 0 aliphatic rings. The van der Waals surface area contributed by atoms with Gasteiger partial charge in [-0.3, -0.25) is 16.0 Å². The highest BCUT2D eigenvalue weighted by Crippen LogP contribution is 2.26. The van der Waals surface area contributed by atoms with Gasteiger partial charge >= 0.3 is 0 Å². The van der Waals surface area contributed by atoms with E-state index in [1.807, 2.05) is 12.1 Å². The molecule has 3 N–H and O–H groups in total. The summed E-state index contributed by atoms with van der Waals surface area (Å²) >= 11 is 0. The van der Waals surface area contributed by atoms with Gasteiger partial charge in [-0.25, -0.2) is 0 Å². The van der Waals surface area contributed by atoms with Gasteiger partial charge in [0.25, 0.3) is 5.69 Å². The lowest BCUT2D eigenvalue weighted by molar-refractivity contribution is -0.384. The van der Waals surface area contributed by atoms with Crippen LogP contribution < -0.4 is 16.2 Å². The summed E-state index contributed by atoms with van der Waals surface area (Å²) in [7, 11) is 0. The van der Waals surface area contributed by atoms with Crippen molar-refractivity contribution >= 4 is 17.1 Å². The van der Waals surface area contributed by atoms with Crippen molar-refractivity contribution in [2.75, 3.05) is 23.4 Å². The molecule has 8 heteroatoms. The van der Waals surface area contributed by atoms with Crippen molar-refractivity contribution in [3.63, 3.8) is 0 Å². The molecule has 0 spiro atoms. The Morgan fingerprint density at radius 3 is 2.39 bits per heavy atom. The normalized spacial score (nSPS) is 9.06. The minimum atomic E-state index is -0.568. The van der Waals surface area contributed by atoms with Gasteiger partial charge in [0, 0.05) is 17.8 Å². The third kappa shape index (κ3) is 3.07. The molecule has 0 aliphatic heterocycles. The number of nitro groups is 1. The fraction of sp³-hybridized carbons (Fsp3) is 0.200. The number of benzene rings is 1. The van der Waals surface area contributed by atoms with Gasteiger partial charge in [-0.05, 0) is 6.07 Å². The number of nitrogens with two attached hydrogens (primary N) is 1. The van der Waals surface area contributed by atoms with Crippen molar-refractivity contribution in [3.8, 4) is 12.1 Å². The highest BCUT2D eigenvalue weighted by atomic mass is 16.6. The van der Waals surface area contributed by atoms with Gasteiger partial charge in [-0.2, -0.15) is 10.5 Å². The molecular formula is C10H10N6O2. The number of nitrogen functional groups attached to an aromatic ring is 1. The maximum absolute atomic E-state index is 10.7. The van der Waals surface area contributed by atoms with E-state index >= 15 is 0 Å². The monoisotopic (exact) mass is 246 g/mol. The molecule has 0 radical (unpaired) electrons. The van der Waals surface area contributed by atoms with E-state index < -0.39 is 4.92 Å². The topological polar surface area (TPSA) is 132 Å². The summed E-state index contributed by atoms with van der Waals surface area (Å²) < 4.78 is 0. The number of non-ortho nitro benzene ring substituents is 1. The molecule has 8 nitrogen and oxygen atoms in total. The first kappa shape index (κ1) is 13.2. The standard InChI is InChI=1S/C10H10N6O2/c11-1-3-15(4-2-12)9-5-8(14-13)6-10(7-9)16(17)18/h5-7,14H,3-4,13H2. The molecule has 0 fully saturated rings. The van der Waals surface area contributed by atoms with E-state index in [0.717, 1.165) is 0 Å². The van der Waals surface area contributed by atoms with Gasteiger partial charge in [0.1, 0.15) is 13.1 Å². The van der Waals surface area contributed by atoms with Gasteiger partial charge in [-0.15, -0.1) is 0 Å². The molecule has 1 rings (SSSR count). The highest BCUT2D eigenvalue weighted by molar-refractivity contribution is 5.64.